The molecule has 2 rings (SSSR count). The normalized spacial score (nSPS) is 12.3. The van der Waals surface area contributed by atoms with Crippen LogP contribution in [0, 0.1) is 0 Å². The molecule has 5 heteroatoms. The minimum absolute atomic E-state index is 0.230. The van der Waals surface area contributed by atoms with Crippen LogP contribution in [0.1, 0.15) is 12.5 Å². The van der Waals surface area contributed by atoms with Crippen LogP contribution in [0.4, 0.5) is 5.69 Å². The molecule has 0 aliphatic heterocycles. The molecule has 1 amide bonds. The van der Waals surface area contributed by atoms with Crippen LogP contribution in [-0.4, -0.2) is 18.2 Å². The number of hydrogen-bond acceptors (Lipinski definition) is 2. The fourth-order valence-corrected chi connectivity index (χ4v) is 2.09. The topological polar surface area (TPSA) is 41.5 Å². The average Bonchev–Trinajstić information content (AvgIpc) is 2.48. The van der Waals surface area contributed by atoms with E-state index in [9.17, 15) is 4.79 Å². The second-order valence-electron chi connectivity index (χ2n) is 4.48. The van der Waals surface area contributed by atoms with Gasteiger partial charge in [0.15, 0.2) is 0 Å². The summed E-state index contributed by atoms with van der Waals surface area (Å²) in [5.74, 6) is -0.230. The highest BCUT2D eigenvalue weighted by Crippen LogP contribution is 2.25. The zero-order chi connectivity index (χ0) is 15.2. The highest BCUT2D eigenvalue weighted by atomic mass is 35.5. The lowest BCUT2D eigenvalue weighted by molar-refractivity contribution is -0.116. The van der Waals surface area contributed by atoms with Crippen molar-refractivity contribution in [3.8, 4) is 0 Å². The van der Waals surface area contributed by atoms with Crippen molar-refractivity contribution in [3.05, 3.63) is 64.1 Å². The van der Waals surface area contributed by atoms with Gasteiger partial charge in [-0.3, -0.25) is 9.79 Å². The molecule has 0 unspecified atom stereocenters. The van der Waals surface area contributed by atoms with Crippen molar-refractivity contribution >= 4 is 41.0 Å². The van der Waals surface area contributed by atoms with Gasteiger partial charge in [-0.2, -0.15) is 0 Å². The number of hydrogen-bond donors (Lipinski definition) is 1. The Kier molecular flexibility index (Phi) is 5.37. The molecule has 0 aromatic heterocycles. The molecular formula is C16H14Cl2N2O. The Bertz CT molecular complexity index is 657. The molecular weight excluding hydrogens is 307 g/mol. The van der Waals surface area contributed by atoms with Gasteiger partial charge in [-0.15, -0.1) is 0 Å². The number of amides is 1. The van der Waals surface area contributed by atoms with E-state index in [1.54, 1.807) is 31.3 Å². The Balaban J connectivity index is 2.01. The quantitative estimate of drug-likeness (QED) is 0.831. The van der Waals surface area contributed by atoms with Crippen molar-refractivity contribution in [1.82, 2.24) is 0 Å². The molecule has 0 aliphatic rings. The Morgan fingerprint density at radius 3 is 2.57 bits per heavy atom. The lowest BCUT2D eigenvalue weighted by Gasteiger charge is -2.10. The number of halogens is 2. The van der Waals surface area contributed by atoms with Gasteiger partial charge < -0.3 is 5.32 Å². The van der Waals surface area contributed by atoms with Crippen LogP contribution in [0.15, 0.2) is 53.5 Å². The molecule has 0 saturated heterocycles. The van der Waals surface area contributed by atoms with E-state index in [0.717, 1.165) is 5.56 Å². The molecule has 1 N–H and O–H groups in total. The van der Waals surface area contributed by atoms with Gasteiger partial charge in [0, 0.05) is 11.2 Å². The minimum atomic E-state index is -0.517. The van der Waals surface area contributed by atoms with Crippen LogP contribution in [0.3, 0.4) is 0 Å². The molecule has 3 nitrogen and oxygen atoms in total. The SMILES string of the molecule is C[C@H](N=Cc1ccccc1)C(=O)Nc1ccc(Cl)cc1Cl. The maximum absolute atomic E-state index is 12.1. The Morgan fingerprint density at radius 1 is 1.19 bits per heavy atom. The molecule has 0 aliphatic carbocycles. The first-order chi connectivity index (χ1) is 10.1. The number of aliphatic imine (C=N–C) groups is 1. The molecule has 0 radical (unpaired) electrons. The Morgan fingerprint density at radius 2 is 1.90 bits per heavy atom. The van der Waals surface area contributed by atoms with E-state index in [4.69, 9.17) is 23.2 Å². The zero-order valence-corrected chi connectivity index (χ0v) is 12.9. The van der Waals surface area contributed by atoms with E-state index in [0.29, 0.717) is 15.7 Å². The number of nitrogens with one attached hydrogen (secondary N) is 1. The number of benzene rings is 2. The highest BCUT2D eigenvalue weighted by Gasteiger charge is 2.12. The van der Waals surface area contributed by atoms with Crippen LogP contribution < -0.4 is 5.32 Å². The summed E-state index contributed by atoms with van der Waals surface area (Å²) < 4.78 is 0. The third kappa shape index (κ3) is 4.59. The highest BCUT2D eigenvalue weighted by molar-refractivity contribution is 6.36. The van der Waals surface area contributed by atoms with Crippen molar-refractivity contribution in [1.29, 1.82) is 0 Å². The fraction of sp³-hybridized carbons (Fsp3) is 0.125. The second-order valence-corrected chi connectivity index (χ2v) is 5.32. The lowest BCUT2D eigenvalue weighted by atomic mass is 10.2. The largest absolute Gasteiger partial charge is 0.323 e. The van der Waals surface area contributed by atoms with E-state index in [1.807, 2.05) is 30.3 Å². The van der Waals surface area contributed by atoms with Crippen LogP contribution in [0.2, 0.25) is 10.0 Å². The van der Waals surface area contributed by atoms with Gasteiger partial charge in [0.25, 0.3) is 0 Å². The molecule has 1 atom stereocenters. The van der Waals surface area contributed by atoms with Crippen LogP contribution in [-0.2, 0) is 4.79 Å². The van der Waals surface area contributed by atoms with Crippen LogP contribution in [0.25, 0.3) is 0 Å². The predicted molar refractivity (Wildman–Crippen MR) is 88.6 cm³/mol. The van der Waals surface area contributed by atoms with E-state index < -0.39 is 6.04 Å². The van der Waals surface area contributed by atoms with E-state index in [1.165, 1.54) is 0 Å². The van der Waals surface area contributed by atoms with Crippen molar-refractivity contribution in [2.75, 3.05) is 5.32 Å². The minimum Gasteiger partial charge on any atom is -0.323 e. The van der Waals surface area contributed by atoms with E-state index in [-0.39, 0.29) is 5.91 Å². The summed E-state index contributed by atoms with van der Waals surface area (Å²) in [6.45, 7) is 1.72. The van der Waals surface area contributed by atoms with Crippen molar-refractivity contribution in [3.63, 3.8) is 0 Å². The summed E-state index contributed by atoms with van der Waals surface area (Å²) in [5, 5.41) is 3.65. The molecule has 21 heavy (non-hydrogen) atoms. The lowest BCUT2D eigenvalue weighted by Crippen LogP contribution is -2.23. The first-order valence-corrected chi connectivity index (χ1v) is 7.16. The summed E-state index contributed by atoms with van der Waals surface area (Å²) >= 11 is 11.8. The smallest absolute Gasteiger partial charge is 0.248 e. The molecule has 0 fully saturated rings. The molecule has 0 saturated carbocycles. The summed E-state index contributed by atoms with van der Waals surface area (Å²) in [4.78, 5) is 16.3. The van der Waals surface area contributed by atoms with E-state index in [2.05, 4.69) is 10.3 Å². The molecule has 108 valence electrons. The average molecular weight is 321 g/mol. The van der Waals surface area contributed by atoms with Crippen molar-refractivity contribution < 1.29 is 4.79 Å². The Labute approximate surface area is 133 Å². The number of carbonyl (C=O) groups is 1. The molecule has 2 aromatic rings. The molecule has 0 bridgehead atoms. The van der Waals surface area contributed by atoms with Gasteiger partial charge in [-0.25, -0.2) is 0 Å². The number of rotatable bonds is 4. The van der Waals surface area contributed by atoms with Crippen molar-refractivity contribution in [2.24, 2.45) is 4.99 Å². The van der Waals surface area contributed by atoms with Crippen molar-refractivity contribution in [2.45, 2.75) is 13.0 Å². The van der Waals surface area contributed by atoms with Gasteiger partial charge in [0.2, 0.25) is 5.91 Å². The van der Waals surface area contributed by atoms with Gasteiger partial charge in [-0.1, -0.05) is 53.5 Å². The van der Waals surface area contributed by atoms with Gasteiger partial charge in [0.1, 0.15) is 6.04 Å². The summed E-state index contributed by atoms with van der Waals surface area (Å²) in [6.07, 6.45) is 1.67. The number of carbonyl (C=O) groups excluding carboxylic acids is 1. The monoisotopic (exact) mass is 320 g/mol. The maximum atomic E-state index is 12.1. The molecule has 2 aromatic carbocycles. The van der Waals surface area contributed by atoms with Crippen LogP contribution in [0.5, 0.6) is 0 Å². The first-order valence-electron chi connectivity index (χ1n) is 6.40. The standard InChI is InChI=1S/C16H14Cl2N2O/c1-11(19-10-12-5-3-2-4-6-12)16(21)20-15-8-7-13(17)9-14(15)18/h2-11H,1H3,(H,20,21)/t11-/m0/s1. The number of anilines is 1. The van der Waals surface area contributed by atoms with E-state index >= 15 is 0 Å². The Hall–Kier alpha value is -1.84. The summed E-state index contributed by atoms with van der Waals surface area (Å²) in [5.41, 5.74) is 1.47. The molecule has 0 heterocycles. The van der Waals surface area contributed by atoms with Gasteiger partial charge in [-0.05, 0) is 30.7 Å². The first kappa shape index (κ1) is 15.5. The fourth-order valence-electron chi connectivity index (χ4n) is 1.63. The number of nitrogens with zero attached hydrogens (tertiary/aromatic N) is 1. The van der Waals surface area contributed by atoms with Gasteiger partial charge in [0.05, 0.1) is 10.7 Å². The van der Waals surface area contributed by atoms with Gasteiger partial charge >= 0.3 is 0 Å². The predicted octanol–water partition coefficient (Wildman–Crippen LogP) is 4.44. The van der Waals surface area contributed by atoms with Crippen LogP contribution >= 0.6 is 23.2 Å². The summed E-state index contributed by atoms with van der Waals surface area (Å²) in [7, 11) is 0. The second kappa shape index (κ2) is 7.25. The molecule has 0 spiro atoms. The third-order valence-corrected chi connectivity index (χ3v) is 3.36. The third-order valence-electron chi connectivity index (χ3n) is 2.82. The summed E-state index contributed by atoms with van der Waals surface area (Å²) in [6, 6.07) is 14.0. The zero-order valence-electron chi connectivity index (χ0n) is 11.4. The maximum Gasteiger partial charge on any atom is 0.248 e.